The first-order chi connectivity index (χ1) is 6.79. The first-order valence-electron chi connectivity index (χ1n) is 4.63. The zero-order valence-electron chi connectivity index (χ0n) is 7.95. The molecule has 74 valence electrons. The summed E-state index contributed by atoms with van der Waals surface area (Å²) in [6, 6.07) is 5.23. The van der Waals surface area contributed by atoms with E-state index in [1.807, 2.05) is 6.07 Å². The number of hydrogen-bond donors (Lipinski definition) is 2. The van der Waals surface area contributed by atoms with Gasteiger partial charge in [0.2, 0.25) is 0 Å². The van der Waals surface area contributed by atoms with Gasteiger partial charge in [-0.25, -0.2) is 4.98 Å². The van der Waals surface area contributed by atoms with E-state index < -0.39 is 0 Å². The van der Waals surface area contributed by atoms with Gasteiger partial charge in [0.1, 0.15) is 5.75 Å². The summed E-state index contributed by atoms with van der Waals surface area (Å²) >= 11 is 1.57. The van der Waals surface area contributed by atoms with Crippen LogP contribution >= 0.6 is 11.3 Å². The molecule has 0 aliphatic rings. The molecule has 2 aromatic rings. The molecular weight excluding hydrogens is 196 g/mol. The summed E-state index contributed by atoms with van der Waals surface area (Å²) in [5, 5.41) is 13.4. The van der Waals surface area contributed by atoms with Crippen LogP contribution in [0.3, 0.4) is 0 Å². The summed E-state index contributed by atoms with van der Waals surface area (Å²) in [6.45, 7) is 3.05. The molecule has 1 aromatic heterocycles. The largest absolute Gasteiger partial charge is 0.508 e. The van der Waals surface area contributed by atoms with Gasteiger partial charge in [-0.2, -0.15) is 0 Å². The van der Waals surface area contributed by atoms with E-state index in [0.717, 1.165) is 28.3 Å². The van der Waals surface area contributed by atoms with E-state index in [9.17, 15) is 5.11 Å². The van der Waals surface area contributed by atoms with Crippen LogP contribution in [0.2, 0.25) is 0 Å². The van der Waals surface area contributed by atoms with Crippen LogP contribution in [0.4, 0.5) is 5.13 Å². The lowest BCUT2D eigenvalue weighted by Crippen LogP contribution is -1.98. The lowest BCUT2D eigenvalue weighted by atomic mass is 10.3. The van der Waals surface area contributed by atoms with Crippen LogP contribution in [-0.2, 0) is 0 Å². The summed E-state index contributed by atoms with van der Waals surface area (Å²) in [7, 11) is 0. The lowest BCUT2D eigenvalue weighted by Gasteiger charge is -1.95. The molecule has 3 nitrogen and oxygen atoms in total. The molecule has 0 atom stereocenters. The minimum Gasteiger partial charge on any atom is -0.508 e. The number of fused-ring (bicyclic) bond motifs is 1. The molecule has 14 heavy (non-hydrogen) atoms. The van der Waals surface area contributed by atoms with Crippen LogP contribution in [0.5, 0.6) is 5.75 Å². The quantitative estimate of drug-likeness (QED) is 0.815. The Hall–Kier alpha value is -1.29. The maximum Gasteiger partial charge on any atom is 0.183 e. The van der Waals surface area contributed by atoms with E-state index in [-0.39, 0.29) is 0 Å². The monoisotopic (exact) mass is 208 g/mol. The van der Waals surface area contributed by atoms with E-state index in [4.69, 9.17) is 0 Å². The van der Waals surface area contributed by atoms with E-state index in [1.54, 1.807) is 23.5 Å². The number of phenolic OH excluding ortho intramolecular Hbond substituents is 1. The standard InChI is InChI=1S/C10H12N2OS/c1-2-5-11-10-12-8-4-3-7(13)6-9(8)14-10/h3-4,6,13H,2,5H2,1H3,(H,11,12). The third-order valence-corrected chi connectivity index (χ3v) is 2.87. The Morgan fingerprint density at radius 3 is 3.14 bits per heavy atom. The average molecular weight is 208 g/mol. The Morgan fingerprint density at radius 1 is 1.50 bits per heavy atom. The highest BCUT2D eigenvalue weighted by molar-refractivity contribution is 7.22. The first kappa shape index (κ1) is 9.27. The number of nitrogens with zero attached hydrogens (tertiary/aromatic N) is 1. The molecule has 0 saturated heterocycles. The van der Waals surface area contributed by atoms with Crippen molar-refractivity contribution in [2.45, 2.75) is 13.3 Å². The average Bonchev–Trinajstić information content (AvgIpc) is 2.56. The molecule has 0 saturated carbocycles. The number of aromatic nitrogens is 1. The van der Waals surface area contributed by atoms with E-state index in [2.05, 4.69) is 17.2 Å². The Balaban J connectivity index is 2.32. The summed E-state index contributed by atoms with van der Waals surface area (Å²) in [4.78, 5) is 4.39. The van der Waals surface area contributed by atoms with Gasteiger partial charge in [0.25, 0.3) is 0 Å². The summed E-state index contributed by atoms with van der Waals surface area (Å²) in [5.41, 5.74) is 0.936. The summed E-state index contributed by atoms with van der Waals surface area (Å²) in [5.74, 6) is 0.295. The number of anilines is 1. The van der Waals surface area contributed by atoms with Crippen LogP contribution in [0.25, 0.3) is 10.2 Å². The van der Waals surface area contributed by atoms with Crippen LogP contribution in [0.15, 0.2) is 18.2 Å². The molecule has 0 aliphatic heterocycles. The number of thiazole rings is 1. The van der Waals surface area contributed by atoms with Gasteiger partial charge in [0, 0.05) is 6.54 Å². The molecule has 0 fully saturated rings. The molecule has 0 spiro atoms. The normalized spacial score (nSPS) is 10.6. The van der Waals surface area contributed by atoms with Gasteiger partial charge in [-0.15, -0.1) is 0 Å². The fourth-order valence-corrected chi connectivity index (χ4v) is 2.15. The Bertz CT molecular complexity index is 439. The van der Waals surface area contributed by atoms with Crippen molar-refractivity contribution in [3.05, 3.63) is 18.2 Å². The highest BCUT2D eigenvalue weighted by Crippen LogP contribution is 2.28. The van der Waals surface area contributed by atoms with Crippen molar-refractivity contribution >= 4 is 26.7 Å². The van der Waals surface area contributed by atoms with Crippen LogP contribution in [0.1, 0.15) is 13.3 Å². The van der Waals surface area contributed by atoms with Crippen molar-refractivity contribution < 1.29 is 5.11 Å². The second-order valence-corrected chi connectivity index (χ2v) is 4.13. The molecule has 0 radical (unpaired) electrons. The molecular formula is C10H12N2OS. The number of rotatable bonds is 3. The number of nitrogens with one attached hydrogen (secondary N) is 1. The van der Waals surface area contributed by atoms with Crippen LogP contribution < -0.4 is 5.32 Å². The predicted molar refractivity (Wildman–Crippen MR) is 60.1 cm³/mol. The molecule has 4 heteroatoms. The maximum atomic E-state index is 9.27. The summed E-state index contributed by atoms with van der Waals surface area (Å²) in [6.07, 6.45) is 1.08. The van der Waals surface area contributed by atoms with Gasteiger partial charge in [-0.05, 0) is 24.6 Å². The maximum absolute atomic E-state index is 9.27. The third kappa shape index (κ3) is 1.80. The number of aromatic hydroxyl groups is 1. The highest BCUT2D eigenvalue weighted by atomic mass is 32.1. The van der Waals surface area contributed by atoms with Crippen molar-refractivity contribution in [2.75, 3.05) is 11.9 Å². The lowest BCUT2D eigenvalue weighted by molar-refractivity contribution is 0.476. The van der Waals surface area contributed by atoms with Gasteiger partial charge in [0.05, 0.1) is 10.2 Å². The Kier molecular flexibility index (Phi) is 2.54. The molecule has 1 aromatic carbocycles. The van der Waals surface area contributed by atoms with E-state index >= 15 is 0 Å². The predicted octanol–water partition coefficient (Wildman–Crippen LogP) is 2.82. The van der Waals surface area contributed by atoms with Crippen molar-refractivity contribution in [3.8, 4) is 5.75 Å². The van der Waals surface area contributed by atoms with Crippen molar-refractivity contribution in [2.24, 2.45) is 0 Å². The molecule has 0 unspecified atom stereocenters. The second-order valence-electron chi connectivity index (χ2n) is 3.10. The van der Waals surface area contributed by atoms with E-state index in [1.165, 1.54) is 0 Å². The minimum atomic E-state index is 0.295. The molecule has 1 heterocycles. The second kappa shape index (κ2) is 3.84. The highest BCUT2D eigenvalue weighted by Gasteiger charge is 2.02. The fourth-order valence-electron chi connectivity index (χ4n) is 1.22. The van der Waals surface area contributed by atoms with Crippen molar-refractivity contribution in [1.29, 1.82) is 0 Å². The van der Waals surface area contributed by atoms with Gasteiger partial charge in [0.15, 0.2) is 5.13 Å². The smallest absolute Gasteiger partial charge is 0.183 e. The molecule has 2 rings (SSSR count). The van der Waals surface area contributed by atoms with Crippen LogP contribution in [-0.4, -0.2) is 16.6 Å². The zero-order valence-corrected chi connectivity index (χ0v) is 8.77. The molecule has 0 bridgehead atoms. The van der Waals surface area contributed by atoms with E-state index in [0.29, 0.717) is 5.75 Å². The Labute approximate surface area is 86.4 Å². The first-order valence-corrected chi connectivity index (χ1v) is 5.44. The SMILES string of the molecule is CCCNc1nc2ccc(O)cc2s1. The number of hydrogen-bond acceptors (Lipinski definition) is 4. The molecule has 0 aliphatic carbocycles. The van der Waals surface area contributed by atoms with Gasteiger partial charge in [-0.1, -0.05) is 18.3 Å². The summed E-state index contributed by atoms with van der Waals surface area (Å²) < 4.78 is 1.02. The molecule has 2 N–H and O–H groups in total. The van der Waals surface area contributed by atoms with Crippen molar-refractivity contribution in [1.82, 2.24) is 4.98 Å². The Morgan fingerprint density at radius 2 is 2.36 bits per heavy atom. The molecule has 0 amide bonds. The third-order valence-electron chi connectivity index (χ3n) is 1.90. The van der Waals surface area contributed by atoms with Gasteiger partial charge < -0.3 is 10.4 Å². The zero-order chi connectivity index (χ0) is 9.97. The fraction of sp³-hybridized carbons (Fsp3) is 0.300. The topological polar surface area (TPSA) is 45.2 Å². The van der Waals surface area contributed by atoms with Gasteiger partial charge >= 0.3 is 0 Å². The number of phenols is 1. The number of benzene rings is 1. The van der Waals surface area contributed by atoms with Crippen molar-refractivity contribution in [3.63, 3.8) is 0 Å². The minimum absolute atomic E-state index is 0.295. The van der Waals surface area contributed by atoms with Crippen LogP contribution in [0, 0.1) is 0 Å². The van der Waals surface area contributed by atoms with Gasteiger partial charge in [-0.3, -0.25) is 0 Å².